The molecule has 0 unspecified atom stereocenters. The van der Waals surface area contributed by atoms with Crippen LogP contribution in [0, 0.1) is 0 Å². The van der Waals surface area contributed by atoms with Crippen molar-refractivity contribution in [2.75, 3.05) is 24.2 Å². The number of rotatable bonds is 5. The second-order valence-corrected chi connectivity index (χ2v) is 8.22. The van der Waals surface area contributed by atoms with Crippen molar-refractivity contribution in [1.29, 1.82) is 0 Å². The van der Waals surface area contributed by atoms with Crippen LogP contribution in [0.15, 0.2) is 60.9 Å². The van der Waals surface area contributed by atoms with Crippen molar-refractivity contribution in [3.05, 3.63) is 83.3 Å². The molecule has 0 atom stereocenters. The third-order valence-electron chi connectivity index (χ3n) is 5.86. The zero-order valence-electron chi connectivity index (χ0n) is 18.1. The number of anilines is 2. The highest BCUT2D eigenvalue weighted by atomic mass is 16.1. The predicted molar refractivity (Wildman–Crippen MR) is 127 cm³/mol. The number of benzene rings is 2. The highest BCUT2D eigenvalue weighted by Crippen LogP contribution is 2.26. The summed E-state index contributed by atoms with van der Waals surface area (Å²) in [5.41, 5.74) is 3.87. The van der Waals surface area contributed by atoms with Crippen LogP contribution in [0.4, 0.5) is 11.8 Å². The van der Waals surface area contributed by atoms with Crippen molar-refractivity contribution in [3.8, 4) is 0 Å². The molecule has 7 heteroatoms. The summed E-state index contributed by atoms with van der Waals surface area (Å²) in [5, 5.41) is 8.28. The summed E-state index contributed by atoms with van der Waals surface area (Å²) in [5.74, 6) is 0.905. The van der Waals surface area contributed by atoms with Gasteiger partial charge in [0.2, 0.25) is 5.95 Å². The molecule has 0 fully saturated rings. The van der Waals surface area contributed by atoms with Crippen molar-refractivity contribution < 1.29 is 4.79 Å². The van der Waals surface area contributed by atoms with Crippen molar-refractivity contribution in [1.82, 2.24) is 19.9 Å². The first-order valence-corrected chi connectivity index (χ1v) is 10.9. The monoisotopic (exact) mass is 426 g/mol. The number of fused-ring (bicyclic) bond motifs is 2. The first-order chi connectivity index (χ1) is 15.7. The molecule has 0 saturated carbocycles. The van der Waals surface area contributed by atoms with Crippen molar-refractivity contribution in [2.45, 2.75) is 25.9 Å². The van der Waals surface area contributed by atoms with Gasteiger partial charge < -0.3 is 15.2 Å². The van der Waals surface area contributed by atoms with E-state index in [1.165, 1.54) is 5.56 Å². The van der Waals surface area contributed by atoms with E-state index in [9.17, 15) is 4.79 Å². The molecule has 3 heterocycles. The Morgan fingerprint density at radius 3 is 2.84 bits per heavy atom. The zero-order chi connectivity index (χ0) is 21.9. The number of carbonyl (C=O) groups is 1. The number of nitrogens with zero attached hydrogens (tertiary/aromatic N) is 3. The van der Waals surface area contributed by atoms with Crippen LogP contribution in [-0.4, -0.2) is 39.4 Å². The molecule has 4 aromatic rings. The van der Waals surface area contributed by atoms with Crippen LogP contribution in [0.3, 0.4) is 0 Å². The minimum absolute atomic E-state index is 0.217. The van der Waals surface area contributed by atoms with E-state index in [1.807, 2.05) is 48.8 Å². The lowest BCUT2D eigenvalue weighted by atomic mass is 10.1. The van der Waals surface area contributed by atoms with E-state index >= 15 is 0 Å². The van der Waals surface area contributed by atoms with Crippen LogP contribution in [0.2, 0.25) is 0 Å². The van der Waals surface area contributed by atoms with Gasteiger partial charge in [-0.1, -0.05) is 42.5 Å². The molecule has 162 valence electrons. The zero-order valence-corrected chi connectivity index (χ0v) is 18.1. The summed E-state index contributed by atoms with van der Waals surface area (Å²) in [6, 6.07) is 15.9. The highest BCUT2D eigenvalue weighted by Gasteiger charge is 2.20. The fourth-order valence-electron chi connectivity index (χ4n) is 4.22. The average Bonchev–Trinajstić information content (AvgIpc) is 3.20. The van der Waals surface area contributed by atoms with Gasteiger partial charge in [0.05, 0.1) is 5.69 Å². The molecule has 0 bridgehead atoms. The van der Waals surface area contributed by atoms with Crippen LogP contribution in [0.5, 0.6) is 0 Å². The van der Waals surface area contributed by atoms with Gasteiger partial charge in [0.25, 0.3) is 5.91 Å². The molecule has 7 nitrogen and oxygen atoms in total. The molecule has 32 heavy (non-hydrogen) atoms. The largest absolute Gasteiger partial charge is 0.366 e. The van der Waals surface area contributed by atoms with Gasteiger partial charge in [-0.25, -0.2) is 4.98 Å². The summed E-state index contributed by atoms with van der Waals surface area (Å²) in [7, 11) is 2.10. The van der Waals surface area contributed by atoms with Gasteiger partial charge in [-0.15, -0.1) is 0 Å². The second kappa shape index (κ2) is 8.80. The molecule has 0 saturated heterocycles. The maximum absolute atomic E-state index is 13.1. The van der Waals surface area contributed by atoms with E-state index < -0.39 is 0 Å². The molecule has 1 amide bonds. The van der Waals surface area contributed by atoms with Gasteiger partial charge in [0, 0.05) is 42.0 Å². The number of amides is 1. The fraction of sp³-hybridized carbons (Fsp3) is 0.240. The van der Waals surface area contributed by atoms with E-state index in [4.69, 9.17) is 9.97 Å². The lowest BCUT2D eigenvalue weighted by molar-refractivity contribution is 0.102. The minimum atomic E-state index is -0.217. The summed E-state index contributed by atoms with van der Waals surface area (Å²) in [4.78, 5) is 27.9. The average molecular weight is 427 g/mol. The number of hydrogen-bond donors (Lipinski definition) is 3. The van der Waals surface area contributed by atoms with E-state index in [0.29, 0.717) is 18.1 Å². The number of hydrogen-bond acceptors (Lipinski definition) is 5. The summed E-state index contributed by atoms with van der Waals surface area (Å²) in [6.45, 7) is 2.40. The van der Waals surface area contributed by atoms with Crippen molar-refractivity contribution >= 4 is 28.4 Å². The highest BCUT2D eigenvalue weighted by molar-refractivity contribution is 6.12. The van der Waals surface area contributed by atoms with Crippen LogP contribution >= 0.6 is 0 Å². The number of aromatic nitrogens is 3. The lowest BCUT2D eigenvalue weighted by Gasteiger charge is -2.17. The smallest absolute Gasteiger partial charge is 0.258 e. The Balaban J connectivity index is 1.46. The number of nitrogens with one attached hydrogen (secondary N) is 3. The third-order valence-corrected chi connectivity index (χ3v) is 5.86. The molecule has 5 rings (SSSR count). The standard InChI is InChI=1S/C25H26N6O/c1-31-12-6-11-20-22(16-31)28-25(29-23(20)27-13-17-7-3-2-4-8-17)30-24(32)19-10-5-9-18-14-26-15-21(18)19/h2-5,7-10,14-15,26H,6,11-13,16H2,1H3,(H2,27,28,29,30,32). The SMILES string of the molecule is CN1CCCc2c(nc(NC(=O)c3cccc4c[nH]cc34)nc2NCc2ccccc2)C1. The molecule has 2 aromatic carbocycles. The topological polar surface area (TPSA) is 85.9 Å². The first kappa shape index (κ1) is 20.2. The second-order valence-electron chi connectivity index (χ2n) is 8.22. The van der Waals surface area contributed by atoms with Crippen LogP contribution < -0.4 is 10.6 Å². The van der Waals surface area contributed by atoms with Gasteiger partial charge in [0.1, 0.15) is 5.82 Å². The van der Waals surface area contributed by atoms with Gasteiger partial charge in [-0.3, -0.25) is 10.1 Å². The maximum atomic E-state index is 13.1. The molecule has 0 radical (unpaired) electrons. The van der Waals surface area contributed by atoms with Gasteiger partial charge in [0.15, 0.2) is 0 Å². The Labute approximate surface area is 186 Å². The number of H-pyrrole nitrogens is 1. The maximum Gasteiger partial charge on any atom is 0.258 e. The molecule has 1 aliphatic heterocycles. The van der Waals surface area contributed by atoms with Gasteiger partial charge >= 0.3 is 0 Å². The van der Waals surface area contributed by atoms with E-state index in [1.54, 1.807) is 0 Å². The van der Waals surface area contributed by atoms with E-state index in [2.05, 4.69) is 39.7 Å². The molecular weight excluding hydrogens is 400 g/mol. The van der Waals surface area contributed by atoms with Crippen LogP contribution in [0.25, 0.3) is 10.8 Å². The van der Waals surface area contributed by atoms with Crippen molar-refractivity contribution in [3.63, 3.8) is 0 Å². The quantitative estimate of drug-likeness (QED) is 0.445. The lowest BCUT2D eigenvalue weighted by Crippen LogP contribution is -2.20. The van der Waals surface area contributed by atoms with Gasteiger partial charge in [-0.2, -0.15) is 4.98 Å². The summed E-state index contributed by atoms with van der Waals surface area (Å²) < 4.78 is 0. The molecule has 2 aromatic heterocycles. The van der Waals surface area contributed by atoms with E-state index in [-0.39, 0.29) is 5.91 Å². The summed E-state index contributed by atoms with van der Waals surface area (Å²) in [6.07, 6.45) is 5.68. The first-order valence-electron chi connectivity index (χ1n) is 10.9. The Morgan fingerprint density at radius 1 is 1.09 bits per heavy atom. The normalized spacial score (nSPS) is 14.0. The molecule has 0 spiro atoms. The Hall–Kier alpha value is -3.71. The minimum Gasteiger partial charge on any atom is -0.366 e. The van der Waals surface area contributed by atoms with Crippen LogP contribution in [0.1, 0.15) is 33.6 Å². The van der Waals surface area contributed by atoms with E-state index in [0.717, 1.165) is 53.8 Å². The molecule has 0 aliphatic carbocycles. The number of aromatic amines is 1. The Morgan fingerprint density at radius 2 is 1.97 bits per heavy atom. The molecule has 3 N–H and O–H groups in total. The van der Waals surface area contributed by atoms with Crippen LogP contribution in [-0.2, 0) is 19.5 Å². The Bertz CT molecular complexity index is 1250. The van der Waals surface area contributed by atoms with Gasteiger partial charge in [-0.05, 0) is 43.5 Å². The van der Waals surface area contributed by atoms with Crippen molar-refractivity contribution in [2.24, 2.45) is 0 Å². The predicted octanol–water partition coefficient (Wildman–Crippen LogP) is 4.20. The Kier molecular flexibility index (Phi) is 5.56. The number of carbonyl (C=O) groups excluding carboxylic acids is 1. The summed E-state index contributed by atoms with van der Waals surface area (Å²) >= 11 is 0. The fourth-order valence-corrected chi connectivity index (χ4v) is 4.22. The third kappa shape index (κ3) is 4.20. The molecular formula is C25H26N6O. The molecule has 1 aliphatic rings.